The first-order chi connectivity index (χ1) is 10.0. The SMILES string of the molecule is CC(C)(O)c1ccc(-c2nnc(-c3ccccc3)o2)cc1. The fourth-order valence-electron chi connectivity index (χ4n) is 2.06. The average Bonchev–Trinajstić information content (AvgIpc) is 2.97. The van der Waals surface area contributed by atoms with Crippen molar-refractivity contribution >= 4 is 0 Å². The molecule has 4 heteroatoms. The molecule has 0 aliphatic heterocycles. The lowest BCUT2D eigenvalue weighted by atomic mass is 9.97. The van der Waals surface area contributed by atoms with Gasteiger partial charge in [-0.05, 0) is 43.7 Å². The van der Waals surface area contributed by atoms with Gasteiger partial charge in [-0.1, -0.05) is 30.3 Å². The van der Waals surface area contributed by atoms with Crippen molar-refractivity contribution in [3.05, 3.63) is 60.2 Å². The first-order valence-corrected chi connectivity index (χ1v) is 6.76. The Morgan fingerprint density at radius 3 is 1.86 bits per heavy atom. The molecule has 0 aliphatic carbocycles. The second-order valence-corrected chi connectivity index (χ2v) is 5.41. The largest absolute Gasteiger partial charge is 0.416 e. The summed E-state index contributed by atoms with van der Waals surface area (Å²) in [6.07, 6.45) is 0. The molecule has 0 radical (unpaired) electrons. The smallest absolute Gasteiger partial charge is 0.248 e. The lowest BCUT2D eigenvalue weighted by Crippen LogP contribution is -2.14. The van der Waals surface area contributed by atoms with Crippen molar-refractivity contribution in [1.82, 2.24) is 10.2 Å². The second kappa shape index (κ2) is 5.14. The molecule has 21 heavy (non-hydrogen) atoms. The zero-order valence-electron chi connectivity index (χ0n) is 11.9. The zero-order valence-corrected chi connectivity index (χ0v) is 11.9. The van der Waals surface area contributed by atoms with Gasteiger partial charge >= 0.3 is 0 Å². The summed E-state index contributed by atoms with van der Waals surface area (Å²) in [6, 6.07) is 17.1. The normalized spacial score (nSPS) is 11.6. The van der Waals surface area contributed by atoms with Crippen molar-refractivity contribution in [2.45, 2.75) is 19.4 Å². The molecular weight excluding hydrogens is 264 g/mol. The molecule has 0 bridgehead atoms. The molecule has 0 saturated heterocycles. The molecule has 1 heterocycles. The first-order valence-electron chi connectivity index (χ1n) is 6.76. The third-order valence-electron chi connectivity index (χ3n) is 3.28. The number of rotatable bonds is 3. The summed E-state index contributed by atoms with van der Waals surface area (Å²) < 4.78 is 5.70. The average molecular weight is 280 g/mol. The number of aromatic nitrogens is 2. The van der Waals surface area contributed by atoms with Crippen LogP contribution in [0.3, 0.4) is 0 Å². The van der Waals surface area contributed by atoms with Crippen molar-refractivity contribution in [1.29, 1.82) is 0 Å². The van der Waals surface area contributed by atoms with Crippen LogP contribution in [0.2, 0.25) is 0 Å². The molecule has 0 fully saturated rings. The summed E-state index contributed by atoms with van der Waals surface area (Å²) in [6.45, 7) is 3.50. The highest BCUT2D eigenvalue weighted by atomic mass is 16.4. The van der Waals surface area contributed by atoms with Crippen LogP contribution in [0, 0.1) is 0 Å². The van der Waals surface area contributed by atoms with Gasteiger partial charge in [-0.25, -0.2) is 0 Å². The van der Waals surface area contributed by atoms with E-state index in [4.69, 9.17) is 4.42 Å². The number of hydrogen-bond acceptors (Lipinski definition) is 4. The van der Waals surface area contributed by atoms with Crippen molar-refractivity contribution in [3.63, 3.8) is 0 Å². The molecule has 1 N–H and O–H groups in total. The fourth-order valence-corrected chi connectivity index (χ4v) is 2.06. The molecule has 0 spiro atoms. The highest BCUT2D eigenvalue weighted by Gasteiger charge is 2.16. The van der Waals surface area contributed by atoms with Gasteiger partial charge in [-0.2, -0.15) is 0 Å². The molecule has 106 valence electrons. The lowest BCUT2D eigenvalue weighted by molar-refractivity contribution is 0.0786. The maximum atomic E-state index is 9.95. The number of nitrogens with zero attached hydrogens (tertiary/aromatic N) is 2. The van der Waals surface area contributed by atoms with E-state index in [0.29, 0.717) is 11.8 Å². The van der Waals surface area contributed by atoms with Crippen LogP contribution < -0.4 is 0 Å². The Morgan fingerprint density at radius 1 is 0.810 bits per heavy atom. The highest BCUT2D eigenvalue weighted by Crippen LogP contribution is 2.26. The van der Waals surface area contributed by atoms with Gasteiger partial charge in [0.05, 0.1) is 5.60 Å². The maximum absolute atomic E-state index is 9.95. The molecule has 2 aromatic carbocycles. The van der Waals surface area contributed by atoms with Crippen LogP contribution in [0.1, 0.15) is 19.4 Å². The van der Waals surface area contributed by atoms with Gasteiger partial charge in [0.15, 0.2) is 0 Å². The minimum atomic E-state index is -0.859. The van der Waals surface area contributed by atoms with E-state index in [1.807, 2.05) is 54.6 Å². The summed E-state index contributed by atoms with van der Waals surface area (Å²) in [5, 5.41) is 18.1. The molecule has 0 amide bonds. The number of aliphatic hydroxyl groups is 1. The Morgan fingerprint density at radius 2 is 1.33 bits per heavy atom. The van der Waals surface area contributed by atoms with Gasteiger partial charge in [0, 0.05) is 11.1 Å². The Hall–Kier alpha value is -2.46. The van der Waals surface area contributed by atoms with Crippen LogP contribution in [0.5, 0.6) is 0 Å². The minimum absolute atomic E-state index is 0.469. The highest BCUT2D eigenvalue weighted by molar-refractivity contribution is 5.58. The number of benzene rings is 2. The predicted molar refractivity (Wildman–Crippen MR) is 80.4 cm³/mol. The van der Waals surface area contributed by atoms with Gasteiger partial charge in [0.1, 0.15) is 0 Å². The third-order valence-corrected chi connectivity index (χ3v) is 3.28. The number of hydrogen-bond donors (Lipinski definition) is 1. The van der Waals surface area contributed by atoms with Crippen LogP contribution in [0.4, 0.5) is 0 Å². The maximum Gasteiger partial charge on any atom is 0.248 e. The zero-order chi connectivity index (χ0) is 14.9. The van der Waals surface area contributed by atoms with E-state index in [0.717, 1.165) is 16.7 Å². The van der Waals surface area contributed by atoms with Crippen LogP contribution in [0.15, 0.2) is 59.0 Å². The van der Waals surface area contributed by atoms with E-state index in [2.05, 4.69) is 10.2 Å². The molecule has 3 rings (SSSR count). The molecule has 1 aromatic heterocycles. The van der Waals surface area contributed by atoms with Crippen LogP contribution >= 0.6 is 0 Å². The third kappa shape index (κ3) is 2.85. The first kappa shape index (κ1) is 13.5. The summed E-state index contributed by atoms with van der Waals surface area (Å²) in [4.78, 5) is 0. The van der Waals surface area contributed by atoms with E-state index in [9.17, 15) is 5.11 Å². The quantitative estimate of drug-likeness (QED) is 0.796. The molecule has 3 aromatic rings. The summed E-state index contributed by atoms with van der Waals surface area (Å²) in [5.74, 6) is 0.966. The van der Waals surface area contributed by atoms with Gasteiger partial charge < -0.3 is 9.52 Å². The van der Waals surface area contributed by atoms with Crippen molar-refractivity contribution in [2.24, 2.45) is 0 Å². The van der Waals surface area contributed by atoms with E-state index >= 15 is 0 Å². The van der Waals surface area contributed by atoms with E-state index in [-0.39, 0.29) is 0 Å². The molecule has 4 nitrogen and oxygen atoms in total. The minimum Gasteiger partial charge on any atom is -0.416 e. The van der Waals surface area contributed by atoms with Crippen LogP contribution in [-0.2, 0) is 5.60 Å². The molecule has 0 unspecified atom stereocenters. The van der Waals surface area contributed by atoms with Crippen LogP contribution in [0.25, 0.3) is 22.9 Å². The van der Waals surface area contributed by atoms with Crippen molar-refractivity contribution in [2.75, 3.05) is 0 Å². The standard InChI is InChI=1S/C17H16N2O2/c1-17(2,20)14-10-8-13(9-11-14)16-19-18-15(21-16)12-6-4-3-5-7-12/h3-11,20H,1-2H3. The molecule has 0 saturated carbocycles. The summed E-state index contributed by atoms with van der Waals surface area (Å²) in [7, 11) is 0. The Balaban J connectivity index is 1.90. The van der Waals surface area contributed by atoms with Crippen molar-refractivity contribution < 1.29 is 9.52 Å². The topological polar surface area (TPSA) is 59.2 Å². The van der Waals surface area contributed by atoms with Gasteiger partial charge in [-0.15, -0.1) is 10.2 Å². The summed E-state index contributed by atoms with van der Waals surface area (Å²) >= 11 is 0. The van der Waals surface area contributed by atoms with Gasteiger partial charge in [0.2, 0.25) is 11.8 Å². The Kier molecular flexibility index (Phi) is 3.31. The van der Waals surface area contributed by atoms with E-state index in [1.54, 1.807) is 13.8 Å². The van der Waals surface area contributed by atoms with Crippen LogP contribution in [-0.4, -0.2) is 15.3 Å². The Labute approximate surface area is 123 Å². The molecule has 0 aliphatic rings. The summed E-state index contributed by atoms with van der Waals surface area (Å²) in [5.41, 5.74) is 1.71. The van der Waals surface area contributed by atoms with E-state index in [1.165, 1.54) is 0 Å². The van der Waals surface area contributed by atoms with Gasteiger partial charge in [0.25, 0.3) is 0 Å². The lowest BCUT2D eigenvalue weighted by Gasteiger charge is -2.17. The Bertz CT molecular complexity index is 725. The predicted octanol–water partition coefficient (Wildman–Crippen LogP) is 3.63. The van der Waals surface area contributed by atoms with Crippen molar-refractivity contribution in [3.8, 4) is 22.9 Å². The molecule has 0 atom stereocenters. The fraction of sp³-hybridized carbons (Fsp3) is 0.176. The molecular formula is C17H16N2O2. The van der Waals surface area contributed by atoms with E-state index < -0.39 is 5.60 Å². The second-order valence-electron chi connectivity index (χ2n) is 5.41. The monoisotopic (exact) mass is 280 g/mol. The van der Waals surface area contributed by atoms with Gasteiger partial charge in [-0.3, -0.25) is 0 Å².